The van der Waals surface area contributed by atoms with Gasteiger partial charge in [0.2, 0.25) is 0 Å². The average molecular weight is 271 g/mol. The lowest BCUT2D eigenvalue weighted by molar-refractivity contribution is -0.141. The first-order valence-electron chi connectivity index (χ1n) is 5.11. The molecule has 5 nitrogen and oxygen atoms in total. The maximum Gasteiger partial charge on any atom is 0.433 e. The van der Waals surface area contributed by atoms with Crippen molar-refractivity contribution in [2.75, 3.05) is 0 Å². The minimum Gasteiger partial charge on any atom is -0.478 e. The van der Waals surface area contributed by atoms with Crippen LogP contribution in [-0.4, -0.2) is 25.6 Å². The summed E-state index contributed by atoms with van der Waals surface area (Å²) in [6, 6.07) is 1.51. The molecule has 2 heterocycles. The predicted octanol–water partition coefficient (Wildman–Crippen LogP) is 2.29. The van der Waals surface area contributed by atoms with Crippen LogP contribution in [0.3, 0.4) is 0 Å². The fourth-order valence-corrected chi connectivity index (χ4v) is 1.51. The lowest BCUT2D eigenvalue weighted by atomic mass is 10.2. The normalized spacial score (nSPS) is 11.6. The van der Waals surface area contributed by atoms with Gasteiger partial charge in [-0.15, -0.1) is 0 Å². The smallest absolute Gasteiger partial charge is 0.433 e. The van der Waals surface area contributed by atoms with Crippen LogP contribution in [0.5, 0.6) is 0 Å². The van der Waals surface area contributed by atoms with Crippen LogP contribution >= 0.6 is 0 Å². The SMILES string of the molecule is Cc1cn(-c2nc(C(F)(F)F)ccc2C(=O)O)cn1. The molecule has 0 aromatic carbocycles. The molecule has 100 valence electrons. The molecule has 2 aromatic heterocycles. The lowest BCUT2D eigenvalue weighted by Gasteiger charge is -2.10. The molecule has 0 saturated heterocycles. The summed E-state index contributed by atoms with van der Waals surface area (Å²) in [7, 11) is 0. The molecule has 8 heteroatoms. The minimum absolute atomic E-state index is 0.317. The number of aromatic carboxylic acids is 1. The highest BCUT2D eigenvalue weighted by Gasteiger charge is 2.33. The van der Waals surface area contributed by atoms with Gasteiger partial charge in [-0.05, 0) is 19.1 Å². The molecular weight excluding hydrogens is 263 g/mol. The molecule has 1 N–H and O–H groups in total. The van der Waals surface area contributed by atoms with E-state index in [2.05, 4.69) is 9.97 Å². The summed E-state index contributed by atoms with van der Waals surface area (Å²) in [4.78, 5) is 18.2. The van der Waals surface area contributed by atoms with E-state index < -0.39 is 17.8 Å². The monoisotopic (exact) mass is 271 g/mol. The van der Waals surface area contributed by atoms with Crippen molar-refractivity contribution in [3.63, 3.8) is 0 Å². The fourth-order valence-electron chi connectivity index (χ4n) is 1.51. The predicted molar refractivity (Wildman–Crippen MR) is 58.1 cm³/mol. The van der Waals surface area contributed by atoms with Gasteiger partial charge in [-0.2, -0.15) is 13.2 Å². The number of nitrogens with zero attached hydrogens (tertiary/aromatic N) is 3. The molecule has 19 heavy (non-hydrogen) atoms. The molecule has 0 bridgehead atoms. The highest BCUT2D eigenvalue weighted by Crippen LogP contribution is 2.29. The standard InChI is InChI=1S/C11H8F3N3O2/c1-6-4-17(5-15-6)9-7(10(18)19)2-3-8(16-9)11(12,13)14/h2-5H,1H3,(H,18,19). The van der Waals surface area contributed by atoms with Crippen molar-refractivity contribution in [3.8, 4) is 5.82 Å². The Labute approximate surface area is 105 Å². The largest absolute Gasteiger partial charge is 0.478 e. The van der Waals surface area contributed by atoms with Crippen molar-refractivity contribution in [1.82, 2.24) is 14.5 Å². The molecule has 2 rings (SSSR count). The number of aromatic nitrogens is 3. The van der Waals surface area contributed by atoms with E-state index >= 15 is 0 Å². The second-order valence-electron chi connectivity index (χ2n) is 3.79. The Hall–Kier alpha value is -2.38. The molecule has 0 amide bonds. The van der Waals surface area contributed by atoms with Gasteiger partial charge in [-0.1, -0.05) is 0 Å². The maximum absolute atomic E-state index is 12.6. The molecule has 0 spiro atoms. The summed E-state index contributed by atoms with van der Waals surface area (Å²) in [6.07, 6.45) is -2.03. The van der Waals surface area contributed by atoms with Gasteiger partial charge in [0.1, 0.15) is 17.6 Å². The van der Waals surface area contributed by atoms with Gasteiger partial charge >= 0.3 is 12.1 Å². The van der Waals surface area contributed by atoms with Crippen LogP contribution in [0.2, 0.25) is 0 Å². The van der Waals surface area contributed by atoms with E-state index in [1.165, 1.54) is 12.5 Å². The van der Waals surface area contributed by atoms with E-state index in [1.54, 1.807) is 6.92 Å². The molecule has 0 fully saturated rings. The van der Waals surface area contributed by atoms with Gasteiger partial charge in [0, 0.05) is 6.20 Å². The van der Waals surface area contributed by atoms with E-state index in [1.807, 2.05) is 0 Å². The summed E-state index contributed by atoms with van der Waals surface area (Å²) < 4.78 is 38.9. The van der Waals surface area contributed by atoms with Gasteiger partial charge in [0.05, 0.1) is 5.69 Å². The topological polar surface area (TPSA) is 68.0 Å². The summed E-state index contributed by atoms with van der Waals surface area (Å²) in [6.45, 7) is 1.63. The van der Waals surface area contributed by atoms with E-state index in [0.29, 0.717) is 11.8 Å². The third-order valence-electron chi connectivity index (χ3n) is 2.35. The number of hydrogen-bond acceptors (Lipinski definition) is 3. The number of carboxylic acid groups (broad SMARTS) is 1. The third kappa shape index (κ3) is 2.56. The zero-order valence-electron chi connectivity index (χ0n) is 9.64. The second-order valence-corrected chi connectivity index (χ2v) is 3.79. The van der Waals surface area contributed by atoms with E-state index in [4.69, 9.17) is 5.11 Å². The first-order chi connectivity index (χ1) is 8.79. The van der Waals surface area contributed by atoms with E-state index in [-0.39, 0.29) is 11.4 Å². The number of hydrogen-bond donors (Lipinski definition) is 1. The molecule has 0 saturated carbocycles. The van der Waals surface area contributed by atoms with E-state index in [0.717, 1.165) is 10.6 Å². The van der Waals surface area contributed by atoms with Gasteiger partial charge in [-0.25, -0.2) is 14.8 Å². The Balaban J connectivity index is 2.64. The van der Waals surface area contributed by atoms with Crippen molar-refractivity contribution in [2.24, 2.45) is 0 Å². The van der Waals surface area contributed by atoms with Crippen LogP contribution in [-0.2, 0) is 6.18 Å². The van der Waals surface area contributed by atoms with Crippen molar-refractivity contribution in [3.05, 3.63) is 41.6 Å². The van der Waals surface area contributed by atoms with E-state index in [9.17, 15) is 18.0 Å². The Morgan fingerprint density at radius 2 is 2.05 bits per heavy atom. The summed E-state index contributed by atoms with van der Waals surface area (Å²) in [5.74, 6) is -1.68. The summed E-state index contributed by atoms with van der Waals surface area (Å²) in [5.41, 5.74) is -0.945. The number of imidazole rings is 1. The highest BCUT2D eigenvalue weighted by atomic mass is 19.4. The fraction of sp³-hybridized carbons (Fsp3) is 0.182. The number of carbonyl (C=O) groups is 1. The quantitative estimate of drug-likeness (QED) is 0.909. The highest BCUT2D eigenvalue weighted by molar-refractivity contribution is 5.91. The van der Waals surface area contributed by atoms with Crippen molar-refractivity contribution >= 4 is 5.97 Å². The van der Waals surface area contributed by atoms with Crippen molar-refractivity contribution < 1.29 is 23.1 Å². The Bertz CT molecular complexity index is 634. The summed E-state index contributed by atoms with van der Waals surface area (Å²) >= 11 is 0. The molecule has 2 aromatic rings. The molecule has 0 radical (unpaired) electrons. The number of rotatable bonds is 2. The zero-order chi connectivity index (χ0) is 14.2. The van der Waals surface area contributed by atoms with Crippen LogP contribution in [0.4, 0.5) is 13.2 Å². The van der Waals surface area contributed by atoms with Crippen LogP contribution in [0.25, 0.3) is 5.82 Å². The molecular formula is C11H8F3N3O2. The van der Waals surface area contributed by atoms with Gasteiger partial charge in [0.25, 0.3) is 0 Å². The van der Waals surface area contributed by atoms with Crippen molar-refractivity contribution in [2.45, 2.75) is 13.1 Å². The second kappa shape index (κ2) is 4.38. The Morgan fingerprint density at radius 3 is 2.53 bits per heavy atom. The number of aryl methyl sites for hydroxylation is 1. The van der Waals surface area contributed by atoms with Crippen LogP contribution < -0.4 is 0 Å². The lowest BCUT2D eigenvalue weighted by Crippen LogP contribution is -2.14. The molecule has 0 aliphatic rings. The van der Waals surface area contributed by atoms with Crippen LogP contribution in [0, 0.1) is 6.92 Å². The van der Waals surface area contributed by atoms with Crippen molar-refractivity contribution in [1.29, 1.82) is 0 Å². The molecule has 0 aliphatic carbocycles. The van der Waals surface area contributed by atoms with Crippen LogP contribution in [0.1, 0.15) is 21.7 Å². The van der Waals surface area contributed by atoms with Gasteiger partial charge in [-0.3, -0.25) is 4.57 Å². The number of pyridine rings is 1. The third-order valence-corrected chi connectivity index (χ3v) is 2.35. The average Bonchev–Trinajstić information content (AvgIpc) is 2.73. The molecule has 0 aliphatic heterocycles. The minimum atomic E-state index is -4.64. The molecule has 0 atom stereocenters. The summed E-state index contributed by atoms with van der Waals surface area (Å²) in [5, 5.41) is 8.97. The zero-order valence-corrected chi connectivity index (χ0v) is 9.64. The van der Waals surface area contributed by atoms with Gasteiger partial charge < -0.3 is 5.11 Å². The number of carboxylic acids is 1. The molecule has 0 unspecified atom stereocenters. The number of halogens is 3. The first kappa shape index (κ1) is 13.1. The Kier molecular flexibility index (Phi) is 3.01. The maximum atomic E-state index is 12.6. The first-order valence-corrected chi connectivity index (χ1v) is 5.11. The Morgan fingerprint density at radius 1 is 1.37 bits per heavy atom. The number of alkyl halides is 3. The van der Waals surface area contributed by atoms with Gasteiger partial charge in [0.15, 0.2) is 5.82 Å². The van der Waals surface area contributed by atoms with Crippen LogP contribution in [0.15, 0.2) is 24.7 Å².